The third-order valence-corrected chi connectivity index (χ3v) is 13.5. The number of fused-ring (bicyclic) bond motifs is 4. The van der Waals surface area contributed by atoms with E-state index in [0.717, 1.165) is 51.7 Å². The monoisotopic (exact) mass is 883 g/mol. The van der Waals surface area contributed by atoms with E-state index in [4.69, 9.17) is 9.47 Å². The van der Waals surface area contributed by atoms with Gasteiger partial charge in [0.15, 0.2) is 11.3 Å². The highest BCUT2D eigenvalue weighted by Crippen LogP contribution is 2.39. The summed E-state index contributed by atoms with van der Waals surface area (Å²) in [5.41, 5.74) is 0.271. The molecule has 336 valence electrons. The Morgan fingerprint density at radius 3 is 2.59 bits per heavy atom. The highest BCUT2D eigenvalue weighted by atomic mass is 19.4. The van der Waals surface area contributed by atoms with Crippen molar-refractivity contribution in [3.05, 3.63) is 70.2 Å². The number of amides is 3. The van der Waals surface area contributed by atoms with Crippen LogP contribution in [0.3, 0.4) is 0 Å². The molecule has 1 saturated carbocycles. The van der Waals surface area contributed by atoms with Crippen molar-refractivity contribution in [1.82, 2.24) is 43.7 Å². The summed E-state index contributed by atoms with van der Waals surface area (Å²) < 4.78 is 60.5. The summed E-state index contributed by atoms with van der Waals surface area (Å²) >= 11 is 0. The molecule has 5 aliphatic rings. The molecule has 4 aliphatic heterocycles. The van der Waals surface area contributed by atoms with Crippen LogP contribution in [0.4, 0.5) is 24.7 Å². The highest BCUT2D eigenvalue weighted by molar-refractivity contribution is 6.08. The van der Waals surface area contributed by atoms with Crippen LogP contribution < -0.4 is 21.2 Å². The van der Waals surface area contributed by atoms with Gasteiger partial charge in [0.1, 0.15) is 24.0 Å². The quantitative estimate of drug-likeness (QED) is 0.161. The van der Waals surface area contributed by atoms with Gasteiger partial charge in [-0.15, -0.1) is 0 Å². The fourth-order valence-electron chi connectivity index (χ4n) is 10.2. The number of aryl methyl sites for hydroxylation is 1. The van der Waals surface area contributed by atoms with E-state index in [2.05, 4.69) is 47.5 Å². The van der Waals surface area contributed by atoms with Gasteiger partial charge in [-0.05, 0) is 75.5 Å². The molecule has 1 aliphatic carbocycles. The zero-order valence-corrected chi connectivity index (χ0v) is 35.2. The Balaban J connectivity index is 0.709. The van der Waals surface area contributed by atoms with Gasteiger partial charge in [0, 0.05) is 52.0 Å². The number of piperidine rings is 2. The largest absolute Gasteiger partial charge is 0.437 e. The number of carbonyl (C=O) groups excluding carboxylic acids is 3. The topological polar surface area (TPSA) is 175 Å². The van der Waals surface area contributed by atoms with Crippen molar-refractivity contribution in [1.29, 1.82) is 0 Å². The Bertz CT molecular complexity index is 2750. The number of carbonyl (C=O) groups is 3. The fraction of sp³-hybridized carbons (Fsp3) is 0.523. The minimum atomic E-state index is -4.78. The van der Waals surface area contributed by atoms with E-state index in [1.807, 2.05) is 12.1 Å². The van der Waals surface area contributed by atoms with Crippen molar-refractivity contribution in [2.75, 3.05) is 49.6 Å². The first-order valence-corrected chi connectivity index (χ1v) is 21.9. The van der Waals surface area contributed by atoms with Gasteiger partial charge in [-0.1, -0.05) is 17.9 Å². The molecule has 4 saturated heterocycles. The van der Waals surface area contributed by atoms with Crippen LogP contribution in [0.1, 0.15) is 91.5 Å². The average molecular weight is 884 g/mol. The van der Waals surface area contributed by atoms with Gasteiger partial charge in [-0.3, -0.25) is 33.5 Å². The standard InChI is InChI=1S/C44H48F3N11O6/c1-53-38-27(4-2-6-34(38)58(43(53)62)35-11-12-37(59)51-42(35)61)5-3-19-63-30-13-16-54(17-14-30)22-26-7-9-28(10-8-26)57-24-33(39(52-57)44(45,46)47)49-41(60)32-21-48-56-18-15-36(50-40(32)56)55-23-31-20-29(55)25-64-31/h2,4,6,15,18,21,24,26,28-31,35H,7-14,16-17,19-20,22-23,25H2,1H3,(H,49,60)(H,51,59,61)/t26?,28?,29-,31-,35?/m1/s1. The van der Waals surface area contributed by atoms with Crippen LogP contribution in [0.25, 0.3) is 16.7 Å². The lowest BCUT2D eigenvalue weighted by molar-refractivity contribution is -0.141. The number of halogens is 3. The molecule has 64 heavy (non-hydrogen) atoms. The number of anilines is 2. The number of morpholine rings is 1. The molecule has 3 atom stereocenters. The number of likely N-dealkylation sites (tertiary alicyclic amines) is 1. The van der Waals surface area contributed by atoms with Crippen LogP contribution >= 0.6 is 0 Å². The number of benzene rings is 1. The van der Waals surface area contributed by atoms with Gasteiger partial charge in [0.25, 0.3) is 5.91 Å². The Morgan fingerprint density at radius 1 is 1.05 bits per heavy atom. The number of hydrogen-bond acceptors (Lipinski definition) is 11. The summed E-state index contributed by atoms with van der Waals surface area (Å²) in [7, 11) is 1.64. The predicted octanol–water partition coefficient (Wildman–Crippen LogP) is 4.07. The molecule has 0 spiro atoms. The molecular formula is C44H48F3N11O6. The number of aromatic nitrogens is 7. The normalized spacial score (nSPS) is 24.4. The van der Waals surface area contributed by atoms with Crippen LogP contribution in [0, 0.1) is 17.8 Å². The van der Waals surface area contributed by atoms with Crippen molar-refractivity contribution in [2.24, 2.45) is 13.0 Å². The Kier molecular flexibility index (Phi) is 11.0. The maximum atomic E-state index is 14.3. The molecule has 2 N–H and O–H groups in total. The number of hydrogen-bond donors (Lipinski definition) is 2. The first-order chi connectivity index (χ1) is 30.9. The lowest BCUT2D eigenvalue weighted by Gasteiger charge is -2.36. The van der Waals surface area contributed by atoms with Gasteiger partial charge in [-0.25, -0.2) is 14.3 Å². The maximum Gasteiger partial charge on any atom is 0.437 e. The second kappa shape index (κ2) is 16.8. The number of para-hydroxylation sites is 1. The second-order valence-corrected chi connectivity index (χ2v) is 17.6. The Morgan fingerprint density at radius 2 is 1.86 bits per heavy atom. The lowest BCUT2D eigenvalue weighted by atomic mass is 9.85. The Hall–Kier alpha value is -6.04. The van der Waals surface area contributed by atoms with Crippen LogP contribution in [0.2, 0.25) is 0 Å². The number of imide groups is 1. The number of nitrogens with zero attached hydrogens (tertiary/aromatic N) is 9. The van der Waals surface area contributed by atoms with E-state index in [1.54, 1.807) is 25.4 Å². The number of ether oxygens (including phenoxy) is 2. The van der Waals surface area contributed by atoms with Crippen molar-refractivity contribution >= 4 is 45.9 Å². The first-order valence-electron chi connectivity index (χ1n) is 21.9. The van der Waals surface area contributed by atoms with E-state index >= 15 is 0 Å². The van der Waals surface area contributed by atoms with E-state index in [1.165, 1.54) is 30.7 Å². The smallest absolute Gasteiger partial charge is 0.374 e. The molecule has 17 nitrogen and oxygen atoms in total. The summed E-state index contributed by atoms with van der Waals surface area (Å²) in [5.74, 6) is 5.74. The summed E-state index contributed by atoms with van der Waals surface area (Å²) in [4.78, 5) is 60.3. The number of imidazole rings is 1. The van der Waals surface area contributed by atoms with Crippen molar-refractivity contribution < 1.29 is 37.0 Å². The molecule has 5 fully saturated rings. The van der Waals surface area contributed by atoms with Crippen LogP contribution in [0.15, 0.2) is 47.7 Å². The summed E-state index contributed by atoms with van der Waals surface area (Å²) in [6.45, 7) is 4.14. The van der Waals surface area contributed by atoms with Crippen LogP contribution in [0.5, 0.6) is 0 Å². The van der Waals surface area contributed by atoms with Crippen LogP contribution in [-0.2, 0) is 32.3 Å². The molecule has 4 aromatic heterocycles. The van der Waals surface area contributed by atoms with E-state index in [0.29, 0.717) is 54.3 Å². The molecule has 0 radical (unpaired) electrons. The van der Waals surface area contributed by atoms with Crippen molar-refractivity contribution in [3.8, 4) is 11.8 Å². The van der Waals surface area contributed by atoms with E-state index < -0.39 is 35.4 Å². The average Bonchev–Trinajstić information content (AvgIpc) is 4.13. The number of rotatable bonds is 9. The molecular weight excluding hydrogens is 836 g/mol. The lowest BCUT2D eigenvalue weighted by Crippen LogP contribution is -2.44. The van der Waals surface area contributed by atoms with Crippen LogP contribution in [-0.4, -0.2) is 114 Å². The predicted molar refractivity (Wildman–Crippen MR) is 226 cm³/mol. The van der Waals surface area contributed by atoms with Gasteiger partial charge in [0.2, 0.25) is 11.8 Å². The van der Waals surface area contributed by atoms with E-state index in [-0.39, 0.29) is 66.5 Å². The molecule has 1 aromatic carbocycles. The third kappa shape index (κ3) is 8.04. The van der Waals surface area contributed by atoms with Gasteiger partial charge >= 0.3 is 11.9 Å². The van der Waals surface area contributed by atoms with Crippen molar-refractivity contribution in [3.63, 3.8) is 0 Å². The Labute approximate surface area is 364 Å². The molecule has 10 rings (SSSR count). The van der Waals surface area contributed by atoms with Gasteiger partial charge in [0.05, 0.1) is 59.4 Å². The molecule has 8 heterocycles. The number of nitrogens with one attached hydrogen (secondary N) is 2. The fourth-order valence-corrected chi connectivity index (χ4v) is 10.2. The maximum absolute atomic E-state index is 14.3. The van der Waals surface area contributed by atoms with Gasteiger partial charge in [-0.2, -0.15) is 23.4 Å². The molecule has 1 unspecified atom stereocenters. The zero-order valence-electron chi connectivity index (χ0n) is 35.2. The first kappa shape index (κ1) is 41.9. The minimum Gasteiger partial charge on any atom is -0.374 e. The summed E-state index contributed by atoms with van der Waals surface area (Å²) in [5, 5.41) is 13.0. The zero-order chi connectivity index (χ0) is 44.3. The summed E-state index contributed by atoms with van der Waals surface area (Å²) in [6, 6.07) is 6.40. The molecule has 5 aromatic rings. The molecule has 20 heteroatoms. The second-order valence-electron chi connectivity index (χ2n) is 17.6. The molecule has 2 bridgehead atoms. The minimum absolute atomic E-state index is 0.0505. The van der Waals surface area contributed by atoms with Crippen molar-refractivity contribution in [2.45, 2.75) is 94.3 Å². The SMILES string of the molecule is Cn1c(=O)n(C2CCC(=O)NC2=O)c2cccc(C#CCOC3CCN(CC4CCC(n5cc(NC(=O)c6cnn7ccc(N8C[C@H]9C[C@@H]8CO9)nc67)c(C(F)(F)F)n5)CC4)CC3)c21. The number of alkyl halides is 3. The summed E-state index contributed by atoms with van der Waals surface area (Å²) in [6.07, 6.45) is 5.76. The third-order valence-electron chi connectivity index (χ3n) is 13.5. The van der Waals surface area contributed by atoms with E-state index in [9.17, 15) is 32.3 Å². The highest BCUT2D eigenvalue weighted by Gasteiger charge is 2.41. The van der Waals surface area contributed by atoms with Gasteiger partial charge < -0.3 is 24.6 Å². The molecule has 3 amide bonds.